The lowest BCUT2D eigenvalue weighted by Crippen LogP contribution is -2.55. The van der Waals surface area contributed by atoms with E-state index in [-0.39, 0.29) is 6.54 Å². The van der Waals surface area contributed by atoms with Gasteiger partial charge in [-0.2, -0.15) is 0 Å². The summed E-state index contributed by atoms with van der Waals surface area (Å²) in [7, 11) is 0. The Morgan fingerprint density at radius 2 is 1.84 bits per heavy atom. The van der Waals surface area contributed by atoms with Crippen molar-refractivity contribution in [2.45, 2.75) is 71.8 Å². The smallest absolute Gasteiger partial charge is 0.265 e. The molecule has 0 saturated heterocycles. The quantitative estimate of drug-likeness (QED) is 0.343. The first kappa shape index (κ1) is 23.5. The molecule has 8 nitrogen and oxygen atoms in total. The van der Waals surface area contributed by atoms with Gasteiger partial charge in [-0.1, -0.05) is 52.0 Å². The molecule has 0 aromatic heterocycles. The Balaban J connectivity index is 4.67. The minimum Gasteiger partial charge on any atom is -0.772 e. The number of aliphatic hydroxyl groups is 1. The Bertz CT molecular complexity index is 404. The molecule has 3 N–H and O–H groups in total. The Kier molecular flexibility index (Phi) is 14.0. The first-order valence-corrected chi connectivity index (χ1v) is 9.04. The van der Waals surface area contributed by atoms with Crippen LogP contribution in [0.25, 0.3) is 0 Å². The molecule has 0 heterocycles. The van der Waals surface area contributed by atoms with Crippen LogP contribution in [-0.4, -0.2) is 46.3 Å². The molecular weight excluding hydrogens is 324 g/mol. The van der Waals surface area contributed by atoms with Crippen LogP contribution in [0.2, 0.25) is 0 Å². The summed E-state index contributed by atoms with van der Waals surface area (Å²) in [6, 6.07) is -1.12. The molecule has 0 bridgehead atoms. The minimum absolute atomic E-state index is 0.232. The van der Waals surface area contributed by atoms with Gasteiger partial charge in [0.05, 0.1) is 6.61 Å². The topological polar surface area (TPSA) is 108 Å². The number of unbranched alkanes of at least 4 members (excludes halogenated alkanes) is 5. The predicted molar refractivity (Wildman–Crippen MR) is 97.6 cm³/mol. The van der Waals surface area contributed by atoms with Gasteiger partial charge >= 0.3 is 0 Å². The van der Waals surface area contributed by atoms with E-state index >= 15 is 0 Å². The van der Waals surface area contributed by atoms with Gasteiger partial charge in [0.1, 0.15) is 6.04 Å². The fourth-order valence-corrected chi connectivity index (χ4v) is 2.10. The molecule has 8 heteroatoms. The zero-order chi connectivity index (χ0) is 19.1. The predicted octanol–water partition coefficient (Wildman–Crippen LogP) is 1.82. The molecule has 0 saturated carbocycles. The lowest BCUT2D eigenvalue weighted by atomic mass is 10.2. The third kappa shape index (κ3) is 11.7. The number of nitrogens with zero attached hydrogens (tertiary/aromatic N) is 2. The highest BCUT2D eigenvalue weighted by molar-refractivity contribution is 5.85. The van der Waals surface area contributed by atoms with Crippen LogP contribution in [0.4, 0.5) is 0 Å². The molecule has 0 rings (SSSR count). The zero-order valence-electron chi connectivity index (χ0n) is 15.7. The maximum atomic E-state index is 12.5. The fourth-order valence-electron chi connectivity index (χ4n) is 2.10. The van der Waals surface area contributed by atoms with Crippen molar-refractivity contribution in [3.05, 3.63) is 17.5 Å². The van der Waals surface area contributed by atoms with Gasteiger partial charge in [-0.15, -0.1) is 0 Å². The third-order valence-corrected chi connectivity index (χ3v) is 3.49. The van der Waals surface area contributed by atoms with Crippen LogP contribution in [0.1, 0.15) is 65.7 Å². The molecule has 146 valence electrons. The fraction of sp³-hybridized carbons (Fsp3) is 0.765. The zero-order valence-corrected chi connectivity index (χ0v) is 15.7. The van der Waals surface area contributed by atoms with E-state index < -0.39 is 24.5 Å². The second-order valence-corrected chi connectivity index (χ2v) is 5.93. The Hall–Kier alpha value is -1.48. The van der Waals surface area contributed by atoms with Crippen molar-refractivity contribution in [3.8, 4) is 0 Å². The van der Waals surface area contributed by atoms with Crippen LogP contribution in [0.3, 0.4) is 0 Å². The number of carbonyl (C=O) groups is 2. The number of hydrogen-bond acceptors (Lipinski definition) is 6. The minimum atomic E-state index is -1.12. The number of nitrogens with one attached hydrogen (secondary N) is 2. The molecule has 0 aliphatic heterocycles. The van der Waals surface area contributed by atoms with E-state index in [0.717, 1.165) is 43.5 Å². The number of hydroxylamine groups is 1. The molecule has 1 atom stereocenters. The molecule has 0 aliphatic rings. The third-order valence-electron chi connectivity index (χ3n) is 3.49. The molecule has 0 fully saturated rings. The molecule has 0 aromatic rings. The Morgan fingerprint density at radius 1 is 1.16 bits per heavy atom. The standard InChI is InChI=1S/C17H33N4O4/c1-4-6-8-10-12-20(18-15(3)23)17(24)16(14-22)19-21(25)13-11-9-7-5-2/h10,12,16,19,22H,4-9,11,13-14H2,1-3H3,(H,18,23)/q-1. The summed E-state index contributed by atoms with van der Waals surface area (Å²) in [5, 5.41) is 22.9. The van der Waals surface area contributed by atoms with E-state index in [4.69, 9.17) is 0 Å². The molecule has 25 heavy (non-hydrogen) atoms. The first-order chi connectivity index (χ1) is 12.0. The number of amides is 2. The Morgan fingerprint density at radius 3 is 2.40 bits per heavy atom. The summed E-state index contributed by atoms with van der Waals surface area (Å²) < 4.78 is 0. The van der Waals surface area contributed by atoms with E-state index in [1.165, 1.54) is 13.1 Å². The van der Waals surface area contributed by atoms with Gasteiger partial charge < -0.3 is 15.5 Å². The van der Waals surface area contributed by atoms with Gasteiger partial charge in [-0.25, -0.2) is 5.01 Å². The molecule has 2 amide bonds. The summed E-state index contributed by atoms with van der Waals surface area (Å²) in [5.41, 5.74) is 4.84. The lowest BCUT2D eigenvalue weighted by Gasteiger charge is -2.34. The van der Waals surface area contributed by atoms with Gasteiger partial charge in [0, 0.05) is 13.1 Å². The van der Waals surface area contributed by atoms with E-state index in [1.807, 2.05) is 0 Å². The van der Waals surface area contributed by atoms with Gasteiger partial charge in [-0.05, 0) is 19.4 Å². The van der Waals surface area contributed by atoms with Crippen LogP contribution in [0.15, 0.2) is 12.3 Å². The normalized spacial score (nSPS) is 12.6. The van der Waals surface area contributed by atoms with Crippen molar-refractivity contribution in [2.24, 2.45) is 0 Å². The van der Waals surface area contributed by atoms with Gasteiger partial charge in [0.2, 0.25) is 5.91 Å². The van der Waals surface area contributed by atoms with Gasteiger partial charge in [0.15, 0.2) is 0 Å². The summed E-state index contributed by atoms with van der Waals surface area (Å²) >= 11 is 0. The van der Waals surface area contributed by atoms with Crippen molar-refractivity contribution >= 4 is 11.8 Å². The lowest BCUT2D eigenvalue weighted by molar-refractivity contribution is -0.140. The monoisotopic (exact) mass is 357 g/mol. The molecular formula is C17H33N4O4-. The summed E-state index contributed by atoms with van der Waals surface area (Å²) in [6.07, 6.45) is 9.74. The summed E-state index contributed by atoms with van der Waals surface area (Å²) in [4.78, 5) is 23.7. The maximum Gasteiger partial charge on any atom is 0.265 e. The van der Waals surface area contributed by atoms with Crippen molar-refractivity contribution in [1.29, 1.82) is 0 Å². The molecule has 0 aliphatic carbocycles. The number of aliphatic hydroxyl groups excluding tert-OH is 1. The van der Waals surface area contributed by atoms with E-state index in [1.54, 1.807) is 6.08 Å². The van der Waals surface area contributed by atoms with Crippen molar-refractivity contribution in [3.63, 3.8) is 0 Å². The molecule has 0 radical (unpaired) electrons. The summed E-state index contributed by atoms with van der Waals surface area (Å²) in [5.74, 6) is -1.01. The number of hydrogen-bond donors (Lipinski definition) is 3. The van der Waals surface area contributed by atoms with Gasteiger partial charge in [0.25, 0.3) is 5.91 Å². The van der Waals surface area contributed by atoms with Crippen molar-refractivity contribution in [1.82, 2.24) is 21.0 Å². The highest BCUT2D eigenvalue weighted by Gasteiger charge is 2.23. The highest BCUT2D eigenvalue weighted by atomic mass is 16.5. The average Bonchev–Trinajstić information content (AvgIpc) is 2.58. The second-order valence-electron chi connectivity index (χ2n) is 5.93. The van der Waals surface area contributed by atoms with Gasteiger partial charge in [-0.3, -0.25) is 20.4 Å². The highest BCUT2D eigenvalue weighted by Crippen LogP contribution is 2.02. The number of allylic oxidation sites excluding steroid dienone is 1. The van der Waals surface area contributed by atoms with E-state index in [2.05, 4.69) is 24.7 Å². The molecule has 1 unspecified atom stereocenters. The number of carbonyl (C=O) groups excluding carboxylic acids is 2. The van der Waals surface area contributed by atoms with Crippen LogP contribution >= 0.6 is 0 Å². The van der Waals surface area contributed by atoms with E-state index in [0.29, 0.717) is 11.6 Å². The Labute approximate surface area is 150 Å². The van der Waals surface area contributed by atoms with Crippen molar-refractivity contribution < 1.29 is 14.7 Å². The first-order valence-electron chi connectivity index (χ1n) is 9.04. The average molecular weight is 357 g/mol. The number of hydrazine groups is 2. The van der Waals surface area contributed by atoms with Crippen LogP contribution in [0, 0.1) is 5.21 Å². The molecule has 0 spiro atoms. The SMILES string of the molecule is CCCCC=CN(NC(C)=O)C(=O)C(CO)NN([O-])CCCCCC. The molecule has 0 aromatic carbocycles. The van der Waals surface area contributed by atoms with E-state index in [9.17, 15) is 19.9 Å². The van der Waals surface area contributed by atoms with Crippen LogP contribution in [-0.2, 0) is 9.59 Å². The van der Waals surface area contributed by atoms with Crippen LogP contribution in [0.5, 0.6) is 0 Å². The summed E-state index contributed by atoms with van der Waals surface area (Å²) in [6.45, 7) is 5.11. The van der Waals surface area contributed by atoms with Crippen molar-refractivity contribution in [2.75, 3.05) is 13.2 Å². The largest absolute Gasteiger partial charge is 0.772 e. The maximum absolute atomic E-state index is 12.5. The van der Waals surface area contributed by atoms with Crippen LogP contribution < -0.4 is 10.9 Å². The second kappa shape index (κ2) is 14.8. The number of rotatable bonds is 13.